The van der Waals surface area contributed by atoms with Crippen LogP contribution in [0.15, 0.2) is 0 Å². The van der Waals surface area contributed by atoms with Gasteiger partial charge in [0.1, 0.15) is 5.78 Å². The summed E-state index contributed by atoms with van der Waals surface area (Å²) in [6.07, 6.45) is 0.560. The van der Waals surface area contributed by atoms with Crippen LogP contribution in [0.2, 0.25) is 0 Å². The highest BCUT2D eigenvalue weighted by atomic mass is 16.7. The summed E-state index contributed by atoms with van der Waals surface area (Å²) in [4.78, 5) is 15.2. The van der Waals surface area contributed by atoms with Gasteiger partial charge in [0.25, 0.3) is 0 Å². The number of hydrogen-bond donors (Lipinski definition) is 0. The molecule has 0 N–H and O–H groups in total. The van der Waals surface area contributed by atoms with Crippen molar-refractivity contribution in [2.24, 2.45) is 0 Å². The first-order chi connectivity index (χ1) is 4.16. The molecule has 0 bridgehead atoms. The largest absolute Gasteiger partial charge is 0.303 e. The predicted octanol–water partition coefficient (Wildman–Crippen LogP) is 0.459. The maximum Gasteiger partial charge on any atom is 0.131 e. The molecule has 0 aliphatic rings. The van der Waals surface area contributed by atoms with Crippen LogP contribution in [0, 0.1) is 0 Å². The van der Waals surface area contributed by atoms with Crippen LogP contribution in [-0.4, -0.2) is 31.5 Å². The molecule has 0 unspecified atom stereocenters. The Kier molecular flexibility index (Phi) is 4.26. The molecule has 0 aromatic carbocycles. The second kappa shape index (κ2) is 4.47. The van der Waals surface area contributed by atoms with Crippen molar-refractivity contribution in [2.75, 3.05) is 20.7 Å². The average Bonchev–Trinajstić information content (AvgIpc) is 1.83. The van der Waals surface area contributed by atoms with Gasteiger partial charge in [0.05, 0.1) is 7.11 Å². The minimum atomic E-state index is 0.193. The van der Waals surface area contributed by atoms with Gasteiger partial charge in [0.15, 0.2) is 0 Å². The Morgan fingerprint density at radius 3 is 2.56 bits per heavy atom. The lowest BCUT2D eigenvalue weighted by molar-refractivity contribution is -0.127. The molecule has 3 heteroatoms. The minimum Gasteiger partial charge on any atom is -0.303 e. The fourth-order valence-corrected chi connectivity index (χ4v) is 0.406. The molecular formula is C6H13NO2. The number of hydroxylamine groups is 2. The Morgan fingerprint density at radius 1 is 1.67 bits per heavy atom. The molecule has 54 valence electrons. The van der Waals surface area contributed by atoms with E-state index in [0.29, 0.717) is 13.0 Å². The quantitative estimate of drug-likeness (QED) is 0.519. The fourth-order valence-electron chi connectivity index (χ4n) is 0.406. The number of carbonyl (C=O) groups excluding carboxylic acids is 1. The Balaban J connectivity index is 3.16. The van der Waals surface area contributed by atoms with E-state index in [9.17, 15) is 4.79 Å². The highest BCUT2D eigenvalue weighted by molar-refractivity contribution is 5.75. The van der Waals surface area contributed by atoms with E-state index < -0.39 is 0 Å². The van der Waals surface area contributed by atoms with Crippen molar-refractivity contribution in [1.29, 1.82) is 0 Å². The molecule has 0 spiro atoms. The van der Waals surface area contributed by atoms with Crippen LogP contribution in [0.3, 0.4) is 0 Å². The summed E-state index contributed by atoms with van der Waals surface area (Å²) in [6, 6.07) is 0. The van der Waals surface area contributed by atoms with Crippen LogP contribution in [0.25, 0.3) is 0 Å². The van der Waals surface area contributed by atoms with Gasteiger partial charge in [-0.25, -0.2) is 0 Å². The van der Waals surface area contributed by atoms with Crippen LogP contribution < -0.4 is 0 Å². The number of ketones is 1. The molecule has 0 atom stereocenters. The maximum absolute atomic E-state index is 10.4. The Bertz CT molecular complexity index is 93.1. The molecule has 0 aliphatic heterocycles. The summed E-state index contributed by atoms with van der Waals surface area (Å²) in [6.45, 7) is 2.25. The molecule has 0 fully saturated rings. The van der Waals surface area contributed by atoms with Gasteiger partial charge in [-0.15, -0.1) is 0 Å². The molecule has 0 aromatic heterocycles. The zero-order valence-corrected chi connectivity index (χ0v) is 6.18. The molecule has 0 heterocycles. The van der Waals surface area contributed by atoms with E-state index in [0.717, 1.165) is 0 Å². The molecule has 0 saturated heterocycles. The summed E-state index contributed by atoms with van der Waals surface area (Å²) in [5, 5.41) is 1.63. The third-order valence-electron chi connectivity index (χ3n) is 1.09. The molecule has 0 amide bonds. The average molecular weight is 131 g/mol. The standard InChI is InChI=1S/C6H13NO2/c1-6(8)4-5-7(2)9-3/h4-5H2,1-3H3. The molecular weight excluding hydrogens is 118 g/mol. The van der Waals surface area contributed by atoms with E-state index >= 15 is 0 Å². The van der Waals surface area contributed by atoms with Crippen LogP contribution in [-0.2, 0) is 9.63 Å². The highest BCUT2D eigenvalue weighted by Crippen LogP contribution is 1.86. The second-order valence-electron chi connectivity index (χ2n) is 1.99. The third kappa shape index (κ3) is 5.46. The van der Waals surface area contributed by atoms with Gasteiger partial charge >= 0.3 is 0 Å². The van der Waals surface area contributed by atoms with Gasteiger partial charge < -0.3 is 4.84 Å². The SMILES string of the molecule is CON(C)CCC(C)=O. The molecule has 3 nitrogen and oxygen atoms in total. The lowest BCUT2D eigenvalue weighted by Crippen LogP contribution is -2.19. The molecule has 0 aliphatic carbocycles. The summed E-state index contributed by atoms with van der Waals surface area (Å²) in [5.41, 5.74) is 0. The van der Waals surface area contributed by atoms with Crippen molar-refractivity contribution in [3.05, 3.63) is 0 Å². The zero-order chi connectivity index (χ0) is 7.28. The zero-order valence-electron chi connectivity index (χ0n) is 6.18. The van der Waals surface area contributed by atoms with Crippen LogP contribution in [0.4, 0.5) is 0 Å². The van der Waals surface area contributed by atoms with E-state index in [1.165, 1.54) is 0 Å². The number of nitrogens with zero attached hydrogens (tertiary/aromatic N) is 1. The van der Waals surface area contributed by atoms with Gasteiger partial charge in [0.2, 0.25) is 0 Å². The number of rotatable bonds is 4. The van der Waals surface area contributed by atoms with Gasteiger partial charge in [0, 0.05) is 20.0 Å². The van der Waals surface area contributed by atoms with Gasteiger partial charge in [-0.1, -0.05) is 0 Å². The minimum absolute atomic E-state index is 0.193. The molecule has 0 aromatic rings. The Labute approximate surface area is 55.6 Å². The van der Waals surface area contributed by atoms with Gasteiger partial charge in [-0.3, -0.25) is 4.79 Å². The van der Waals surface area contributed by atoms with Crippen molar-refractivity contribution >= 4 is 5.78 Å². The maximum atomic E-state index is 10.4. The first-order valence-corrected chi connectivity index (χ1v) is 2.91. The normalized spacial score (nSPS) is 10.2. The first kappa shape index (κ1) is 8.59. The first-order valence-electron chi connectivity index (χ1n) is 2.91. The molecule has 0 radical (unpaired) electrons. The number of Topliss-reactive ketones (excluding diaryl/α,β-unsaturated/α-hetero) is 1. The van der Waals surface area contributed by atoms with Crippen molar-refractivity contribution in [2.45, 2.75) is 13.3 Å². The fraction of sp³-hybridized carbons (Fsp3) is 0.833. The van der Waals surface area contributed by atoms with Crippen molar-refractivity contribution in [3.8, 4) is 0 Å². The highest BCUT2D eigenvalue weighted by Gasteiger charge is 1.96. The van der Waals surface area contributed by atoms with E-state index in [1.54, 1.807) is 26.1 Å². The van der Waals surface area contributed by atoms with Crippen LogP contribution in [0.5, 0.6) is 0 Å². The smallest absolute Gasteiger partial charge is 0.131 e. The van der Waals surface area contributed by atoms with E-state index in [4.69, 9.17) is 4.84 Å². The Hall–Kier alpha value is -0.410. The summed E-state index contributed by atoms with van der Waals surface area (Å²) in [7, 11) is 3.38. The summed E-state index contributed by atoms with van der Waals surface area (Å²) in [5.74, 6) is 0.193. The van der Waals surface area contributed by atoms with Gasteiger partial charge in [-0.2, -0.15) is 5.06 Å². The monoisotopic (exact) mass is 131 g/mol. The molecule has 0 saturated carbocycles. The van der Waals surface area contributed by atoms with E-state index in [-0.39, 0.29) is 5.78 Å². The van der Waals surface area contributed by atoms with Crippen molar-refractivity contribution in [3.63, 3.8) is 0 Å². The number of carbonyl (C=O) groups is 1. The molecule has 0 rings (SSSR count). The summed E-state index contributed by atoms with van der Waals surface area (Å²) < 4.78 is 0. The van der Waals surface area contributed by atoms with Gasteiger partial charge in [-0.05, 0) is 6.92 Å². The van der Waals surface area contributed by atoms with Crippen molar-refractivity contribution in [1.82, 2.24) is 5.06 Å². The van der Waals surface area contributed by atoms with E-state index in [1.807, 2.05) is 0 Å². The lowest BCUT2D eigenvalue weighted by Gasteiger charge is -2.10. The van der Waals surface area contributed by atoms with Crippen LogP contribution >= 0.6 is 0 Å². The summed E-state index contributed by atoms with van der Waals surface area (Å²) >= 11 is 0. The topological polar surface area (TPSA) is 29.5 Å². The Morgan fingerprint density at radius 2 is 2.22 bits per heavy atom. The van der Waals surface area contributed by atoms with E-state index in [2.05, 4.69) is 0 Å². The third-order valence-corrected chi connectivity index (χ3v) is 1.09. The van der Waals surface area contributed by atoms with Crippen LogP contribution in [0.1, 0.15) is 13.3 Å². The predicted molar refractivity (Wildman–Crippen MR) is 34.9 cm³/mol. The van der Waals surface area contributed by atoms with Crippen molar-refractivity contribution < 1.29 is 9.63 Å². The molecule has 9 heavy (non-hydrogen) atoms. The number of hydrogen-bond acceptors (Lipinski definition) is 3. The second-order valence-corrected chi connectivity index (χ2v) is 1.99. The lowest BCUT2D eigenvalue weighted by atomic mass is 10.3.